The minimum Gasteiger partial charge on any atom is -0.278 e. The molecule has 2 rings (SSSR count). The van der Waals surface area contributed by atoms with Gasteiger partial charge in [-0.25, -0.2) is 0 Å². The maximum absolute atomic E-state index is 12.1. The summed E-state index contributed by atoms with van der Waals surface area (Å²) in [5, 5.41) is 0. The monoisotopic (exact) mass is 393 g/mol. The lowest BCUT2D eigenvalue weighted by Gasteiger charge is -2.14. The summed E-state index contributed by atoms with van der Waals surface area (Å²) in [5.74, 6) is -0.274. The third-order valence-corrected chi connectivity index (χ3v) is 3.84. The maximum Gasteiger partial charge on any atom is 0.261 e. The molecule has 16 heavy (non-hydrogen) atoms. The number of benzene rings is 1. The first kappa shape index (κ1) is 12.0. The van der Waals surface area contributed by atoms with E-state index < -0.39 is 0 Å². The molecular formula is C11H9BrINO2. The highest BCUT2D eigenvalue weighted by atomic mass is 127. The molecule has 3 nitrogen and oxygen atoms in total. The second-order valence-electron chi connectivity index (χ2n) is 3.58. The molecule has 1 saturated heterocycles. The fourth-order valence-electron chi connectivity index (χ4n) is 1.67. The van der Waals surface area contributed by atoms with Crippen LogP contribution in [-0.2, 0) is 4.79 Å². The number of likely N-dealkylation sites (tertiary alicyclic amines) is 1. The van der Waals surface area contributed by atoms with Crippen molar-refractivity contribution in [3.63, 3.8) is 0 Å². The van der Waals surface area contributed by atoms with E-state index in [0.717, 1.165) is 14.5 Å². The van der Waals surface area contributed by atoms with E-state index >= 15 is 0 Å². The first-order chi connectivity index (χ1) is 7.59. The first-order valence-corrected chi connectivity index (χ1v) is 6.76. The van der Waals surface area contributed by atoms with Crippen molar-refractivity contribution in [1.82, 2.24) is 4.90 Å². The molecule has 0 spiro atoms. The molecule has 0 unspecified atom stereocenters. The number of halogens is 2. The zero-order valence-corrected chi connectivity index (χ0v) is 12.1. The van der Waals surface area contributed by atoms with Crippen LogP contribution in [0, 0.1) is 3.57 Å². The van der Waals surface area contributed by atoms with Crippen molar-refractivity contribution in [2.75, 3.05) is 6.54 Å². The highest BCUT2D eigenvalue weighted by Gasteiger charge is 2.28. The molecule has 84 valence electrons. The molecule has 0 aliphatic carbocycles. The molecule has 1 heterocycles. The summed E-state index contributed by atoms with van der Waals surface area (Å²) in [7, 11) is 0. The lowest BCUT2D eigenvalue weighted by Crippen LogP contribution is -2.32. The van der Waals surface area contributed by atoms with E-state index in [1.165, 1.54) is 4.90 Å². The SMILES string of the molecule is O=C1CCCN1C(=O)c1cc(I)ccc1Br. The summed E-state index contributed by atoms with van der Waals surface area (Å²) >= 11 is 5.48. The van der Waals surface area contributed by atoms with Gasteiger partial charge in [-0.2, -0.15) is 0 Å². The Morgan fingerprint density at radius 1 is 1.44 bits per heavy atom. The summed E-state index contributed by atoms with van der Waals surface area (Å²) in [6.45, 7) is 0.537. The Balaban J connectivity index is 2.33. The molecule has 1 fully saturated rings. The topological polar surface area (TPSA) is 37.4 Å². The smallest absolute Gasteiger partial charge is 0.261 e. The number of amides is 2. The van der Waals surface area contributed by atoms with E-state index in [9.17, 15) is 9.59 Å². The molecule has 1 aromatic carbocycles. The largest absolute Gasteiger partial charge is 0.278 e. The van der Waals surface area contributed by atoms with Crippen molar-refractivity contribution in [2.24, 2.45) is 0 Å². The van der Waals surface area contributed by atoms with Gasteiger partial charge >= 0.3 is 0 Å². The zero-order valence-electron chi connectivity index (χ0n) is 8.37. The van der Waals surface area contributed by atoms with Gasteiger partial charge in [-0.05, 0) is 63.1 Å². The van der Waals surface area contributed by atoms with Crippen molar-refractivity contribution in [3.8, 4) is 0 Å². The standard InChI is InChI=1S/C11H9BrINO2/c12-9-4-3-7(13)6-8(9)11(16)14-5-1-2-10(14)15/h3-4,6H,1-2,5H2. The highest BCUT2D eigenvalue weighted by Crippen LogP contribution is 2.23. The summed E-state index contributed by atoms with van der Waals surface area (Å²) in [6.07, 6.45) is 1.25. The van der Waals surface area contributed by atoms with Crippen molar-refractivity contribution in [3.05, 3.63) is 31.8 Å². The molecule has 1 aliphatic rings. The highest BCUT2D eigenvalue weighted by molar-refractivity contribution is 14.1. The van der Waals surface area contributed by atoms with Crippen LogP contribution in [0.4, 0.5) is 0 Å². The predicted octanol–water partition coefficient (Wildman–Crippen LogP) is 2.82. The number of hydrogen-bond donors (Lipinski definition) is 0. The van der Waals surface area contributed by atoms with Crippen LogP contribution in [0.5, 0.6) is 0 Å². The first-order valence-electron chi connectivity index (χ1n) is 4.89. The van der Waals surface area contributed by atoms with Gasteiger partial charge in [0.15, 0.2) is 0 Å². The van der Waals surface area contributed by atoms with Crippen LogP contribution in [0.25, 0.3) is 0 Å². The summed E-state index contributed by atoms with van der Waals surface area (Å²) in [4.78, 5) is 24.9. The number of carbonyl (C=O) groups is 2. The van der Waals surface area contributed by atoms with Gasteiger partial charge in [0.2, 0.25) is 5.91 Å². The van der Waals surface area contributed by atoms with Crippen LogP contribution in [-0.4, -0.2) is 23.3 Å². The Morgan fingerprint density at radius 2 is 2.19 bits per heavy atom. The van der Waals surface area contributed by atoms with Crippen molar-refractivity contribution >= 4 is 50.3 Å². The van der Waals surface area contributed by atoms with Crippen LogP contribution >= 0.6 is 38.5 Å². The fourth-order valence-corrected chi connectivity index (χ4v) is 2.58. The second kappa shape index (κ2) is 4.83. The Kier molecular flexibility index (Phi) is 3.63. The quantitative estimate of drug-likeness (QED) is 0.543. The molecular weight excluding hydrogens is 385 g/mol. The summed E-state index contributed by atoms with van der Waals surface area (Å²) in [5.41, 5.74) is 0.558. The van der Waals surface area contributed by atoms with E-state index in [-0.39, 0.29) is 11.8 Å². The van der Waals surface area contributed by atoms with Gasteiger partial charge in [0.05, 0.1) is 5.56 Å². The number of rotatable bonds is 1. The van der Waals surface area contributed by atoms with E-state index in [0.29, 0.717) is 18.5 Å². The fraction of sp³-hybridized carbons (Fsp3) is 0.273. The second-order valence-corrected chi connectivity index (χ2v) is 5.68. The van der Waals surface area contributed by atoms with Crippen LogP contribution in [0.15, 0.2) is 22.7 Å². The Bertz CT molecular complexity index is 461. The lowest BCUT2D eigenvalue weighted by atomic mass is 10.2. The lowest BCUT2D eigenvalue weighted by molar-refractivity contribution is -0.125. The minimum atomic E-state index is -0.201. The van der Waals surface area contributed by atoms with Crippen LogP contribution < -0.4 is 0 Å². The molecule has 0 bridgehead atoms. The van der Waals surface area contributed by atoms with Gasteiger partial charge in [-0.15, -0.1) is 0 Å². The van der Waals surface area contributed by atoms with E-state index in [1.807, 2.05) is 12.1 Å². The molecule has 0 N–H and O–H groups in total. The summed E-state index contributed by atoms with van der Waals surface area (Å²) in [6, 6.07) is 5.53. The van der Waals surface area contributed by atoms with Gasteiger partial charge in [0, 0.05) is 21.0 Å². The molecule has 1 aliphatic heterocycles. The van der Waals surface area contributed by atoms with Crippen LogP contribution in [0.2, 0.25) is 0 Å². The van der Waals surface area contributed by atoms with Gasteiger partial charge in [-0.3, -0.25) is 14.5 Å². The normalized spacial score (nSPS) is 15.6. The predicted molar refractivity (Wildman–Crippen MR) is 72.1 cm³/mol. The van der Waals surface area contributed by atoms with Crippen molar-refractivity contribution in [1.29, 1.82) is 0 Å². The minimum absolute atomic E-state index is 0.0734. The Labute approximate surface area is 115 Å². The molecule has 0 saturated carbocycles. The van der Waals surface area contributed by atoms with Crippen LogP contribution in [0.1, 0.15) is 23.2 Å². The molecule has 1 aromatic rings. The average molecular weight is 394 g/mol. The Hall–Kier alpha value is -0.430. The number of imide groups is 1. The van der Waals surface area contributed by atoms with E-state index in [4.69, 9.17) is 0 Å². The number of nitrogens with zero attached hydrogens (tertiary/aromatic N) is 1. The van der Waals surface area contributed by atoms with Gasteiger partial charge in [0.1, 0.15) is 0 Å². The van der Waals surface area contributed by atoms with Gasteiger partial charge in [-0.1, -0.05) is 0 Å². The summed E-state index contributed by atoms with van der Waals surface area (Å²) < 4.78 is 1.72. The average Bonchev–Trinajstić information content (AvgIpc) is 2.67. The Morgan fingerprint density at radius 3 is 2.81 bits per heavy atom. The van der Waals surface area contributed by atoms with Crippen LogP contribution in [0.3, 0.4) is 0 Å². The van der Waals surface area contributed by atoms with E-state index in [2.05, 4.69) is 38.5 Å². The maximum atomic E-state index is 12.1. The number of carbonyl (C=O) groups excluding carboxylic acids is 2. The molecule has 0 atom stereocenters. The molecule has 5 heteroatoms. The third-order valence-electron chi connectivity index (χ3n) is 2.48. The van der Waals surface area contributed by atoms with Crippen molar-refractivity contribution < 1.29 is 9.59 Å². The molecule has 0 aromatic heterocycles. The van der Waals surface area contributed by atoms with E-state index in [1.54, 1.807) is 6.07 Å². The van der Waals surface area contributed by atoms with Crippen molar-refractivity contribution in [2.45, 2.75) is 12.8 Å². The molecule has 2 amide bonds. The zero-order chi connectivity index (χ0) is 11.7. The van der Waals surface area contributed by atoms with Gasteiger partial charge < -0.3 is 0 Å². The van der Waals surface area contributed by atoms with Gasteiger partial charge in [0.25, 0.3) is 5.91 Å². The number of hydrogen-bond acceptors (Lipinski definition) is 2. The molecule has 0 radical (unpaired) electrons. The third kappa shape index (κ3) is 2.29.